The SMILES string of the molecule is O=P(O)(O)OCCl.[KH]. The van der Waals surface area contributed by atoms with E-state index in [2.05, 4.69) is 4.52 Å². The molecule has 0 saturated carbocycles. The molecule has 0 heterocycles. The molecule has 0 rings (SSSR count). The van der Waals surface area contributed by atoms with Gasteiger partial charge in [0.2, 0.25) is 0 Å². The van der Waals surface area contributed by atoms with Crippen LogP contribution in [-0.2, 0) is 9.09 Å². The predicted octanol–water partition coefficient (Wildman–Crippen LogP) is -0.357. The van der Waals surface area contributed by atoms with Crippen molar-refractivity contribution in [2.24, 2.45) is 0 Å². The summed E-state index contributed by atoms with van der Waals surface area (Å²) in [5.74, 6) is 0. The fourth-order valence-electron chi connectivity index (χ4n) is 0.0636. The number of phosphoric ester groups is 1. The van der Waals surface area contributed by atoms with Crippen molar-refractivity contribution >= 4 is 70.8 Å². The summed E-state index contributed by atoms with van der Waals surface area (Å²) in [4.78, 5) is 15.6. The summed E-state index contributed by atoms with van der Waals surface area (Å²) in [6.45, 7) is 0. The molecule has 0 amide bonds. The van der Waals surface area contributed by atoms with Gasteiger partial charge in [0.05, 0.1) is 0 Å². The van der Waals surface area contributed by atoms with E-state index in [9.17, 15) is 4.57 Å². The van der Waals surface area contributed by atoms with Gasteiger partial charge in [-0.15, -0.1) is 0 Å². The normalized spacial score (nSPS) is 10.4. The summed E-state index contributed by atoms with van der Waals surface area (Å²) in [6.07, 6.45) is 0. The summed E-state index contributed by atoms with van der Waals surface area (Å²) >= 11 is 4.77. The Morgan fingerprint density at radius 2 is 2.00 bits per heavy atom. The van der Waals surface area contributed by atoms with Gasteiger partial charge in [0, 0.05) is 0 Å². The number of phosphoric acid groups is 1. The average molecular weight is 187 g/mol. The molecule has 0 spiro atoms. The van der Waals surface area contributed by atoms with Crippen LogP contribution in [0.5, 0.6) is 0 Å². The van der Waals surface area contributed by atoms with E-state index in [4.69, 9.17) is 21.4 Å². The van der Waals surface area contributed by atoms with E-state index >= 15 is 0 Å². The number of rotatable bonds is 2. The maximum absolute atomic E-state index is 9.62. The van der Waals surface area contributed by atoms with E-state index in [-0.39, 0.29) is 51.4 Å². The second kappa shape index (κ2) is 5.79. The minimum absolute atomic E-state index is 0. The van der Waals surface area contributed by atoms with Gasteiger partial charge in [-0.2, -0.15) is 0 Å². The topological polar surface area (TPSA) is 66.8 Å². The van der Waals surface area contributed by atoms with E-state index in [1.807, 2.05) is 0 Å². The van der Waals surface area contributed by atoms with Crippen molar-refractivity contribution in [3.8, 4) is 0 Å². The molecule has 0 aromatic heterocycles. The molecule has 0 aliphatic heterocycles. The number of halogens is 1. The van der Waals surface area contributed by atoms with Gasteiger partial charge in [-0.25, -0.2) is 4.57 Å². The van der Waals surface area contributed by atoms with Crippen LogP contribution in [0.4, 0.5) is 0 Å². The Morgan fingerprint density at radius 3 is 2.00 bits per heavy atom. The van der Waals surface area contributed by atoms with Crippen LogP contribution in [0.15, 0.2) is 0 Å². The molecule has 0 aromatic rings. The Bertz CT molecular complexity index is 90.0. The first-order valence-electron chi connectivity index (χ1n) is 1.32. The molecule has 4 nitrogen and oxygen atoms in total. The number of hydrogen-bond acceptors (Lipinski definition) is 2. The van der Waals surface area contributed by atoms with Gasteiger partial charge in [0.15, 0.2) is 0 Å². The second-order valence-corrected chi connectivity index (χ2v) is 2.19. The number of alkyl halides is 1. The molecule has 0 fully saturated rings. The zero-order valence-corrected chi connectivity index (χ0v) is 4.89. The summed E-state index contributed by atoms with van der Waals surface area (Å²) in [5.41, 5.74) is 0. The average Bonchev–Trinajstić information content (AvgIpc) is 1.30. The van der Waals surface area contributed by atoms with Crippen LogP contribution >= 0.6 is 19.4 Å². The Kier molecular flexibility index (Phi) is 9.19. The van der Waals surface area contributed by atoms with Crippen LogP contribution in [0.3, 0.4) is 0 Å². The van der Waals surface area contributed by atoms with Crippen molar-refractivity contribution in [1.29, 1.82) is 0 Å². The summed E-state index contributed by atoms with van der Waals surface area (Å²) in [7, 11) is -4.30. The van der Waals surface area contributed by atoms with Gasteiger partial charge in [-0.05, 0) is 0 Å². The predicted molar refractivity (Wildman–Crippen MR) is 31.0 cm³/mol. The van der Waals surface area contributed by atoms with Crippen LogP contribution in [0.2, 0.25) is 0 Å². The zero-order chi connectivity index (χ0) is 5.91. The molecular formula is CH5ClKO4P. The molecule has 0 atom stereocenters. The van der Waals surface area contributed by atoms with Gasteiger partial charge < -0.3 is 9.79 Å². The first-order chi connectivity index (χ1) is 3.06. The van der Waals surface area contributed by atoms with Gasteiger partial charge in [0.1, 0.15) is 6.07 Å². The maximum atomic E-state index is 9.62. The van der Waals surface area contributed by atoms with Crippen LogP contribution in [0, 0.1) is 0 Å². The third-order valence-corrected chi connectivity index (χ3v) is 0.944. The van der Waals surface area contributed by atoms with Gasteiger partial charge >= 0.3 is 59.2 Å². The number of hydrogen-bond donors (Lipinski definition) is 2. The third-order valence-electron chi connectivity index (χ3n) is 0.217. The van der Waals surface area contributed by atoms with E-state index in [0.717, 1.165) is 0 Å². The Hall–Kier alpha value is 2.04. The van der Waals surface area contributed by atoms with E-state index in [0.29, 0.717) is 0 Å². The summed E-state index contributed by atoms with van der Waals surface area (Å²) < 4.78 is 13.3. The van der Waals surface area contributed by atoms with E-state index < -0.39 is 13.9 Å². The first kappa shape index (κ1) is 12.7. The molecule has 0 bridgehead atoms. The van der Waals surface area contributed by atoms with Crippen molar-refractivity contribution in [3.63, 3.8) is 0 Å². The Labute approximate surface area is 94.2 Å². The van der Waals surface area contributed by atoms with Crippen molar-refractivity contribution < 1.29 is 18.9 Å². The molecule has 0 aromatic carbocycles. The van der Waals surface area contributed by atoms with E-state index in [1.54, 1.807) is 0 Å². The van der Waals surface area contributed by atoms with Crippen LogP contribution in [-0.4, -0.2) is 67.2 Å². The minimum atomic E-state index is -4.30. The van der Waals surface area contributed by atoms with Gasteiger partial charge in [-0.3, -0.25) is 4.52 Å². The molecule has 46 valence electrons. The van der Waals surface area contributed by atoms with Crippen LogP contribution in [0.1, 0.15) is 0 Å². The molecule has 0 aliphatic rings. The van der Waals surface area contributed by atoms with E-state index in [1.165, 1.54) is 0 Å². The second-order valence-electron chi connectivity index (χ2n) is 0.729. The van der Waals surface area contributed by atoms with Crippen LogP contribution in [0.25, 0.3) is 0 Å². The fraction of sp³-hybridized carbons (Fsp3) is 1.00. The summed E-state index contributed by atoms with van der Waals surface area (Å²) in [5, 5.41) is 0. The molecule has 0 aliphatic carbocycles. The molecule has 0 saturated heterocycles. The van der Waals surface area contributed by atoms with Crippen molar-refractivity contribution in [2.45, 2.75) is 0 Å². The Morgan fingerprint density at radius 1 is 1.62 bits per heavy atom. The molecule has 7 heteroatoms. The van der Waals surface area contributed by atoms with Crippen molar-refractivity contribution in [2.75, 3.05) is 6.07 Å². The molecular weight excluding hydrogens is 182 g/mol. The van der Waals surface area contributed by atoms with Crippen molar-refractivity contribution in [1.82, 2.24) is 0 Å². The molecule has 0 unspecified atom stereocenters. The quantitative estimate of drug-likeness (QED) is 0.351. The summed E-state index contributed by atoms with van der Waals surface area (Å²) in [6, 6.07) is -0.482. The molecule has 8 heavy (non-hydrogen) atoms. The standard InChI is InChI=1S/CH4ClO4P.K.H/c2-1-6-7(3,4)5;;/h1H2,(H2,3,4,5);;. The molecule has 0 radical (unpaired) electrons. The molecule has 2 N–H and O–H groups in total. The van der Waals surface area contributed by atoms with Gasteiger partial charge in [0.25, 0.3) is 0 Å². The van der Waals surface area contributed by atoms with Crippen molar-refractivity contribution in [3.05, 3.63) is 0 Å². The zero-order valence-electron chi connectivity index (χ0n) is 3.24. The third kappa shape index (κ3) is 10.9. The Balaban J connectivity index is 0. The fourth-order valence-corrected chi connectivity index (χ4v) is 0.572. The first-order valence-corrected chi connectivity index (χ1v) is 3.39. The van der Waals surface area contributed by atoms with Gasteiger partial charge in [-0.1, -0.05) is 11.6 Å². The monoisotopic (exact) mass is 186 g/mol. The van der Waals surface area contributed by atoms with Crippen LogP contribution < -0.4 is 0 Å².